The number of carbonyl (C=O) groups is 3. The Morgan fingerprint density at radius 3 is 2.52 bits per heavy atom. The summed E-state index contributed by atoms with van der Waals surface area (Å²) in [6.07, 6.45) is 2.24. The lowest BCUT2D eigenvalue weighted by molar-refractivity contribution is 0.0922. The monoisotopic (exact) mass is 353 g/mol. The van der Waals surface area contributed by atoms with Crippen LogP contribution in [-0.2, 0) is 6.42 Å². The molecule has 1 aliphatic rings. The summed E-state index contributed by atoms with van der Waals surface area (Å²) in [6.45, 7) is 7.53. The van der Waals surface area contributed by atoms with Crippen LogP contribution >= 0.6 is 11.6 Å². The van der Waals surface area contributed by atoms with Crippen molar-refractivity contribution in [3.8, 4) is 0 Å². The molecule has 0 N–H and O–H groups in total. The SMILES string of the molecule is C=CCc1ccc(C)c(C)c1N1C(=O)c2cccc(C(=O)Cl)c2C1=O. The molecule has 5 heteroatoms. The summed E-state index contributed by atoms with van der Waals surface area (Å²) in [5, 5.41) is -0.757. The molecule has 0 aromatic heterocycles. The number of hydrogen-bond acceptors (Lipinski definition) is 3. The quantitative estimate of drug-likeness (QED) is 0.470. The van der Waals surface area contributed by atoms with Crippen LogP contribution in [0.2, 0.25) is 0 Å². The van der Waals surface area contributed by atoms with E-state index < -0.39 is 17.1 Å². The third kappa shape index (κ3) is 2.59. The van der Waals surface area contributed by atoms with E-state index in [1.165, 1.54) is 12.1 Å². The number of amides is 2. The summed E-state index contributed by atoms with van der Waals surface area (Å²) in [5.41, 5.74) is 3.50. The first-order chi connectivity index (χ1) is 11.9. The average Bonchev–Trinajstić information content (AvgIpc) is 2.83. The van der Waals surface area contributed by atoms with Crippen LogP contribution in [-0.4, -0.2) is 17.1 Å². The molecule has 0 unspecified atom stereocenters. The molecule has 25 heavy (non-hydrogen) atoms. The molecule has 126 valence electrons. The molecule has 0 fully saturated rings. The number of fused-ring (bicyclic) bond motifs is 1. The van der Waals surface area contributed by atoms with Crippen LogP contribution in [0.4, 0.5) is 5.69 Å². The Morgan fingerprint density at radius 1 is 1.16 bits per heavy atom. The van der Waals surface area contributed by atoms with E-state index in [1.807, 2.05) is 26.0 Å². The molecular formula is C20H16ClNO3. The van der Waals surface area contributed by atoms with Crippen LogP contribution in [0.1, 0.15) is 47.8 Å². The Kier molecular flexibility index (Phi) is 4.31. The van der Waals surface area contributed by atoms with Crippen molar-refractivity contribution in [2.75, 3.05) is 4.90 Å². The Bertz CT molecular complexity index is 946. The summed E-state index contributed by atoms with van der Waals surface area (Å²) >= 11 is 5.60. The fourth-order valence-corrected chi connectivity index (χ4v) is 3.30. The highest BCUT2D eigenvalue weighted by molar-refractivity contribution is 6.68. The zero-order valence-corrected chi connectivity index (χ0v) is 14.7. The third-order valence-electron chi connectivity index (χ3n) is 4.50. The van der Waals surface area contributed by atoms with E-state index in [-0.39, 0.29) is 16.7 Å². The Balaban J connectivity index is 2.25. The molecule has 3 rings (SSSR count). The van der Waals surface area contributed by atoms with Gasteiger partial charge in [-0.25, -0.2) is 4.90 Å². The summed E-state index contributed by atoms with van der Waals surface area (Å²) in [7, 11) is 0. The highest BCUT2D eigenvalue weighted by Gasteiger charge is 2.40. The molecule has 4 nitrogen and oxygen atoms in total. The maximum atomic E-state index is 13.0. The van der Waals surface area contributed by atoms with Gasteiger partial charge in [-0.3, -0.25) is 14.4 Å². The van der Waals surface area contributed by atoms with E-state index in [2.05, 4.69) is 6.58 Å². The Labute approximate surface area is 150 Å². The van der Waals surface area contributed by atoms with Crippen LogP contribution in [0.15, 0.2) is 43.0 Å². The smallest absolute Gasteiger partial charge is 0.266 e. The minimum Gasteiger partial charge on any atom is -0.276 e. The van der Waals surface area contributed by atoms with Crippen molar-refractivity contribution in [3.63, 3.8) is 0 Å². The summed E-state index contributed by atoms with van der Waals surface area (Å²) in [6, 6.07) is 8.38. The maximum absolute atomic E-state index is 13.0. The number of rotatable bonds is 4. The minimum atomic E-state index is -0.757. The van der Waals surface area contributed by atoms with Gasteiger partial charge in [-0.05, 0) is 60.7 Å². The van der Waals surface area contributed by atoms with Gasteiger partial charge >= 0.3 is 0 Å². The standard InChI is InChI=1S/C20H16ClNO3/c1-4-6-13-10-9-11(2)12(3)17(13)22-19(24)15-8-5-7-14(18(21)23)16(15)20(22)25/h4-5,7-10H,1,6H2,2-3H3. The number of halogens is 1. The lowest BCUT2D eigenvalue weighted by atomic mass is 9.99. The molecule has 0 bridgehead atoms. The van der Waals surface area contributed by atoms with Gasteiger partial charge in [-0.1, -0.05) is 24.3 Å². The molecule has 1 aliphatic heterocycles. The number of aryl methyl sites for hydroxylation is 1. The van der Waals surface area contributed by atoms with Crippen molar-refractivity contribution in [1.29, 1.82) is 0 Å². The van der Waals surface area contributed by atoms with E-state index in [0.717, 1.165) is 21.6 Å². The average molecular weight is 354 g/mol. The number of nitrogens with zero attached hydrogens (tertiary/aromatic N) is 1. The molecule has 0 aliphatic carbocycles. The van der Waals surface area contributed by atoms with Crippen LogP contribution < -0.4 is 4.90 Å². The highest BCUT2D eigenvalue weighted by Crippen LogP contribution is 2.36. The number of allylic oxidation sites excluding steroid dienone is 1. The molecule has 0 saturated heterocycles. The van der Waals surface area contributed by atoms with E-state index in [9.17, 15) is 14.4 Å². The molecule has 0 spiro atoms. The number of imide groups is 1. The van der Waals surface area contributed by atoms with Gasteiger partial charge < -0.3 is 0 Å². The predicted octanol–water partition coefficient (Wildman–Crippen LogP) is 4.21. The van der Waals surface area contributed by atoms with Gasteiger partial charge in [-0.15, -0.1) is 6.58 Å². The van der Waals surface area contributed by atoms with Gasteiger partial charge in [-0.2, -0.15) is 0 Å². The van der Waals surface area contributed by atoms with Crippen molar-refractivity contribution < 1.29 is 14.4 Å². The van der Waals surface area contributed by atoms with E-state index in [4.69, 9.17) is 11.6 Å². The summed E-state index contributed by atoms with van der Waals surface area (Å²) < 4.78 is 0. The Hall–Kier alpha value is -2.72. The summed E-state index contributed by atoms with van der Waals surface area (Å²) in [4.78, 5) is 38.8. The van der Waals surface area contributed by atoms with Crippen molar-refractivity contribution in [3.05, 3.63) is 76.4 Å². The largest absolute Gasteiger partial charge is 0.276 e. The van der Waals surface area contributed by atoms with Crippen molar-refractivity contribution in [2.45, 2.75) is 20.3 Å². The molecule has 2 amide bonds. The molecule has 2 aromatic carbocycles. The van der Waals surface area contributed by atoms with Gasteiger partial charge in [0.15, 0.2) is 0 Å². The normalized spacial score (nSPS) is 13.2. The van der Waals surface area contributed by atoms with Gasteiger partial charge in [0, 0.05) is 5.56 Å². The summed E-state index contributed by atoms with van der Waals surface area (Å²) in [5.74, 6) is -0.970. The zero-order valence-electron chi connectivity index (χ0n) is 13.9. The second-order valence-corrected chi connectivity index (χ2v) is 6.30. The number of carbonyl (C=O) groups excluding carboxylic acids is 3. The van der Waals surface area contributed by atoms with Gasteiger partial charge in [0.1, 0.15) is 0 Å². The van der Waals surface area contributed by atoms with Gasteiger partial charge in [0.2, 0.25) is 0 Å². The van der Waals surface area contributed by atoms with Gasteiger partial charge in [0.25, 0.3) is 17.1 Å². The second-order valence-electron chi connectivity index (χ2n) is 5.96. The minimum absolute atomic E-state index is 0.0515. The van der Waals surface area contributed by atoms with Crippen molar-refractivity contribution >= 4 is 34.3 Å². The highest BCUT2D eigenvalue weighted by atomic mass is 35.5. The van der Waals surface area contributed by atoms with E-state index in [0.29, 0.717) is 12.1 Å². The Morgan fingerprint density at radius 2 is 1.88 bits per heavy atom. The molecular weight excluding hydrogens is 338 g/mol. The van der Waals surface area contributed by atoms with Crippen LogP contribution in [0, 0.1) is 13.8 Å². The first-order valence-electron chi connectivity index (χ1n) is 7.80. The van der Waals surface area contributed by atoms with Crippen molar-refractivity contribution in [1.82, 2.24) is 0 Å². The van der Waals surface area contributed by atoms with Crippen LogP contribution in [0.3, 0.4) is 0 Å². The van der Waals surface area contributed by atoms with E-state index in [1.54, 1.807) is 12.1 Å². The first kappa shape index (κ1) is 17.1. The molecule has 1 heterocycles. The number of anilines is 1. The third-order valence-corrected chi connectivity index (χ3v) is 4.70. The second kappa shape index (κ2) is 6.30. The molecule has 2 aromatic rings. The lowest BCUT2D eigenvalue weighted by Crippen LogP contribution is -2.31. The van der Waals surface area contributed by atoms with Crippen LogP contribution in [0.5, 0.6) is 0 Å². The fraction of sp³-hybridized carbons (Fsp3) is 0.150. The predicted molar refractivity (Wildman–Crippen MR) is 97.6 cm³/mol. The number of hydrogen-bond donors (Lipinski definition) is 0. The first-order valence-corrected chi connectivity index (χ1v) is 8.17. The van der Waals surface area contributed by atoms with Crippen LogP contribution in [0.25, 0.3) is 0 Å². The van der Waals surface area contributed by atoms with Crippen molar-refractivity contribution in [2.24, 2.45) is 0 Å². The lowest BCUT2D eigenvalue weighted by Gasteiger charge is -2.21. The topological polar surface area (TPSA) is 54.5 Å². The molecule has 0 saturated carbocycles. The zero-order chi connectivity index (χ0) is 18.3. The number of benzene rings is 2. The van der Waals surface area contributed by atoms with E-state index >= 15 is 0 Å². The maximum Gasteiger partial charge on any atom is 0.266 e. The molecule has 0 atom stereocenters. The molecule has 0 radical (unpaired) electrons. The fourth-order valence-electron chi connectivity index (χ4n) is 3.14. The van der Waals surface area contributed by atoms with Gasteiger partial charge in [0.05, 0.1) is 16.8 Å².